The number of anilines is 1. The zero-order valence-electron chi connectivity index (χ0n) is 27.6. The molecule has 2 rings (SSSR count). The molecular formula is C28H54N4O5Si3. The molecule has 0 radical (unpaired) electrons. The largest absolute Gasteiger partial charge is 0.406 e. The minimum absolute atomic E-state index is 0.0112. The van der Waals surface area contributed by atoms with E-state index in [-0.39, 0.29) is 27.5 Å². The van der Waals surface area contributed by atoms with Gasteiger partial charge in [0.15, 0.2) is 37.3 Å². The number of aromatic nitrogens is 2. The van der Waals surface area contributed by atoms with Crippen molar-refractivity contribution in [3.63, 3.8) is 0 Å². The molecule has 0 amide bonds. The zero-order chi connectivity index (χ0) is 31.3. The summed E-state index contributed by atoms with van der Waals surface area (Å²) < 4.78 is 28.8. The molecule has 1 aliphatic rings. The highest BCUT2D eigenvalue weighted by atomic mass is 28.4. The molecule has 0 aliphatic carbocycles. The minimum atomic E-state index is -2.46. The van der Waals surface area contributed by atoms with Crippen LogP contribution in [0.2, 0.25) is 54.4 Å². The van der Waals surface area contributed by atoms with Crippen molar-refractivity contribution in [3.05, 3.63) is 34.2 Å². The van der Waals surface area contributed by atoms with E-state index in [9.17, 15) is 4.79 Å². The van der Waals surface area contributed by atoms with Gasteiger partial charge in [-0.3, -0.25) is 14.1 Å². The highest BCUT2D eigenvalue weighted by Crippen LogP contribution is 2.50. The van der Waals surface area contributed by atoms with Gasteiger partial charge in [-0.1, -0.05) is 62.3 Å². The molecule has 1 aromatic heterocycles. The molecule has 0 saturated carbocycles. The van der Waals surface area contributed by atoms with Crippen LogP contribution in [-0.2, 0) is 18.0 Å². The Morgan fingerprint density at radius 2 is 1.43 bits per heavy atom. The Morgan fingerprint density at radius 3 is 1.85 bits per heavy atom. The topological polar surface area (TPSA) is 102 Å². The van der Waals surface area contributed by atoms with Crippen molar-refractivity contribution < 1.29 is 18.0 Å². The van der Waals surface area contributed by atoms with Gasteiger partial charge in [0, 0.05) is 6.20 Å². The molecule has 2 heterocycles. The molecule has 0 spiro atoms. The van der Waals surface area contributed by atoms with Crippen molar-refractivity contribution in [2.24, 2.45) is 0 Å². The minimum Gasteiger partial charge on any atom is -0.406 e. The van der Waals surface area contributed by atoms with E-state index in [1.165, 1.54) is 4.57 Å². The fourth-order valence-corrected chi connectivity index (χ4v) is 7.19. The predicted octanol–water partition coefficient (Wildman–Crippen LogP) is 6.77. The van der Waals surface area contributed by atoms with Crippen molar-refractivity contribution in [1.29, 1.82) is 0 Å². The summed E-state index contributed by atoms with van der Waals surface area (Å²) in [4.78, 5) is 21.2. The number of nitrogens with zero attached hydrogens (tertiary/aromatic N) is 3. The summed E-state index contributed by atoms with van der Waals surface area (Å²) in [5, 5.41) is -0.344. The van der Waals surface area contributed by atoms with E-state index in [0.717, 1.165) is 0 Å². The lowest BCUT2D eigenvalue weighted by molar-refractivity contribution is -0.0964. The molecule has 0 unspecified atom stereocenters. The van der Waals surface area contributed by atoms with Gasteiger partial charge in [0.1, 0.15) is 18.5 Å². The lowest BCUT2D eigenvalue weighted by Crippen LogP contribution is -2.58. The van der Waals surface area contributed by atoms with Gasteiger partial charge >= 0.3 is 11.4 Å². The van der Waals surface area contributed by atoms with Gasteiger partial charge in [0.25, 0.3) is 0 Å². The fourth-order valence-electron chi connectivity index (χ4n) is 3.61. The number of hydrogen-bond donors (Lipinski definition) is 1. The van der Waals surface area contributed by atoms with Gasteiger partial charge in [-0.2, -0.15) is 4.98 Å². The second-order valence-corrected chi connectivity index (χ2v) is 30.0. The molecule has 2 N–H and O–H groups in total. The Kier molecular flexibility index (Phi) is 9.64. The van der Waals surface area contributed by atoms with Crippen LogP contribution < -0.4 is 11.4 Å². The normalized spacial score (nSPS) is 25.2. The smallest absolute Gasteiger partial charge is 0.388 e. The molecule has 1 aromatic rings. The molecule has 0 bridgehead atoms. The number of rotatable bonds is 8. The van der Waals surface area contributed by atoms with Crippen LogP contribution in [0.15, 0.2) is 17.1 Å². The first kappa shape index (κ1) is 34.9. The third kappa shape index (κ3) is 6.99. The lowest BCUT2D eigenvalue weighted by atomic mass is 10.1. The molecule has 4 atom stereocenters. The SMILES string of the molecule is [C-]#[N+][C@]1(CO[Si](C)(C)C(C)(C)C)O[C@@H](n2ccc(N)nc2=O)[C@H](O[Si](C)(C)C(C)(C)C)[C@H]1O[Si](C)(C)C(C)(C)C. The molecule has 228 valence electrons. The van der Waals surface area contributed by atoms with Crippen LogP contribution in [0, 0.1) is 6.57 Å². The molecule has 1 aliphatic heterocycles. The first-order valence-corrected chi connectivity index (χ1v) is 22.8. The maximum Gasteiger partial charge on any atom is 0.388 e. The molecule has 1 saturated heterocycles. The van der Waals surface area contributed by atoms with Crippen molar-refractivity contribution in [2.45, 2.75) is 141 Å². The summed E-state index contributed by atoms with van der Waals surface area (Å²) in [6.45, 7) is 40.9. The second-order valence-electron chi connectivity index (χ2n) is 15.7. The molecule has 40 heavy (non-hydrogen) atoms. The summed E-state index contributed by atoms with van der Waals surface area (Å²) in [7, 11) is -7.17. The van der Waals surface area contributed by atoms with E-state index < -0.39 is 54.8 Å². The predicted molar refractivity (Wildman–Crippen MR) is 170 cm³/mol. The van der Waals surface area contributed by atoms with Crippen LogP contribution in [0.3, 0.4) is 0 Å². The first-order valence-electron chi connectivity index (χ1n) is 14.1. The molecule has 12 heteroatoms. The Hall–Kier alpha value is -1.34. The van der Waals surface area contributed by atoms with E-state index in [0.29, 0.717) is 0 Å². The van der Waals surface area contributed by atoms with Crippen molar-refractivity contribution in [1.82, 2.24) is 9.55 Å². The van der Waals surface area contributed by atoms with E-state index in [4.69, 9.17) is 30.3 Å². The van der Waals surface area contributed by atoms with Crippen LogP contribution in [-0.4, -0.2) is 59.0 Å². The van der Waals surface area contributed by atoms with Gasteiger partial charge < -0.3 is 19.0 Å². The van der Waals surface area contributed by atoms with Gasteiger partial charge in [-0.25, -0.2) is 11.4 Å². The van der Waals surface area contributed by atoms with Crippen LogP contribution in [0.4, 0.5) is 5.82 Å². The van der Waals surface area contributed by atoms with Gasteiger partial charge in [0.05, 0.1) is 0 Å². The Labute approximate surface area is 245 Å². The average molecular weight is 611 g/mol. The van der Waals surface area contributed by atoms with Crippen LogP contribution in [0.25, 0.3) is 4.85 Å². The molecule has 0 aromatic carbocycles. The quantitative estimate of drug-likeness (QED) is 0.256. The van der Waals surface area contributed by atoms with Crippen molar-refractivity contribution >= 4 is 30.8 Å². The maximum atomic E-state index is 13.1. The summed E-state index contributed by atoms with van der Waals surface area (Å²) in [6, 6.07) is 1.56. The third-order valence-corrected chi connectivity index (χ3v) is 23.0. The molecule has 1 fully saturated rings. The van der Waals surface area contributed by atoms with Crippen molar-refractivity contribution in [3.8, 4) is 0 Å². The monoisotopic (exact) mass is 610 g/mol. The van der Waals surface area contributed by atoms with Gasteiger partial charge in [-0.05, 0) is 60.5 Å². The molecular weight excluding hydrogens is 557 g/mol. The van der Waals surface area contributed by atoms with E-state index >= 15 is 0 Å². The Bertz CT molecular complexity index is 1160. The summed E-state index contributed by atoms with van der Waals surface area (Å²) in [6.07, 6.45) is -0.911. The number of nitrogen functional groups attached to an aromatic ring is 1. The van der Waals surface area contributed by atoms with E-state index in [1.807, 2.05) is 0 Å². The maximum absolute atomic E-state index is 13.1. The summed E-state index contributed by atoms with van der Waals surface area (Å²) in [5.74, 6) is 0.118. The highest BCUT2D eigenvalue weighted by Gasteiger charge is 2.67. The van der Waals surface area contributed by atoms with E-state index in [1.54, 1.807) is 12.3 Å². The van der Waals surface area contributed by atoms with Crippen LogP contribution in [0.1, 0.15) is 68.5 Å². The summed E-state index contributed by atoms with van der Waals surface area (Å²) >= 11 is 0. The van der Waals surface area contributed by atoms with Crippen LogP contribution in [0.5, 0.6) is 0 Å². The second kappa shape index (κ2) is 11.1. The first-order chi connectivity index (χ1) is 17.7. The lowest BCUT2D eigenvalue weighted by Gasteiger charge is -2.44. The van der Waals surface area contributed by atoms with E-state index in [2.05, 4.69) is 111 Å². The van der Waals surface area contributed by atoms with Gasteiger partial charge in [-0.15, -0.1) is 0 Å². The standard InChI is InChI=1S/C28H54N4O5Si3/c1-25(2,3)38(11,12)34-19-28(30-10)22(37-40(15,16)27(7,8)9)21(36-39(13,14)26(4,5)6)23(35-28)32-18-17-20(29)31-24(32)33/h17-18,21-23H,19H2,1-9,11-16H3,(H2,29,31,33)/t21-,22-,23-,28-/m1/s1. The Balaban J connectivity index is 2.81. The number of ether oxygens (including phenoxy) is 1. The summed E-state index contributed by atoms with van der Waals surface area (Å²) in [5.41, 5.74) is 3.73. The van der Waals surface area contributed by atoms with Crippen LogP contribution >= 0.6 is 0 Å². The third-order valence-electron chi connectivity index (χ3n) is 9.57. The Morgan fingerprint density at radius 1 is 0.950 bits per heavy atom. The zero-order valence-corrected chi connectivity index (χ0v) is 30.6. The fraction of sp³-hybridized carbons (Fsp3) is 0.821. The number of hydrogen-bond acceptors (Lipinski definition) is 7. The molecule has 9 nitrogen and oxygen atoms in total. The van der Waals surface area contributed by atoms with Crippen molar-refractivity contribution in [2.75, 3.05) is 12.3 Å². The van der Waals surface area contributed by atoms with Gasteiger partial charge in [0.2, 0.25) is 0 Å². The number of nitrogens with two attached hydrogens (primary N) is 1. The highest BCUT2D eigenvalue weighted by molar-refractivity contribution is 6.75. The average Bonchev–Trinajstić information content (AvgIpc) is 3.02.